The van der Waals surface area contributed by atoms with Crippen molar-refractivity contribution >= 4 is 52.5 Å². The standard InChI is InChI=1S/C21H22Cl2N2O3S/c22-15-10-9-14(12-16(15)23)19-13-21(27)25(11-5-1-2-8-20(26)24-28)17-6-3-4-7-18(17)29-19/h3-4,6-7,9-10,12,19,28H,1-2,5,8,11,13H2,(H,24,26)/t19-/m0/s1. The smallest absolute Gasteiger partial charge is 0.243 e. The van der Waals surface area contributed by atoms with Gasteiger partial charge in [0.25, 0.3) is 0 Å². The fourth-order valence-corrected chi connectivity index (χ4v) is 4.89. The molecule has 154 valence electrons. The predicted octanol–water partition coefficient (Wildman–Crippen LogP) is 5.63. The molecule has 3 rings (SSSR count). The van der Waals surface area contributed by atoms with E-state index in [-0.39, 0.29) is 23.5 Å². The molecule has 2 amide bonds. The van der Waals surface area contributed by atoms with Gasteiger partial charge in [0.15, 0.2) is 0 Å². The average Bonchev–Trinajstić information content (AvgIpc) is 2.86. The van der Waals surface area contributed by atoms with Crippen molar-refractivity contribution in [2.45, 2.75) is 42.2 Å². The molecule has 8 heteroatoms. The summed E-state index contributed by atoms with van der Waals surface area (Å²) in [5.41, 5.74) is 3.53. The maximum absolute atomic E-state index is 13.1. The van der Waals surface area contributed by atoms with E-state index >= 15 is 0 Å². The number of unbranched alkanes of at least 4 members (excludes halogenated alkanes) is 2. The second-order valence-corrected chi connectivity index (χ2v) is 8.90. The van der Waals surface area contributed by atoms with E-state index < -0.39 is 0 Å². The van der Waals surface area contributed by atoms with E-state index in [1.54, 1.807) is 23.3 Å². The molecule has 0 fully saturated rings. The lowest BCUT2D eigenvalue weighted by atomic mass is 10.1. The molecule has 0 bridgehead atoms. The average molecular weight is 453 g/mol. The summed E-state index contributed by atoms with van der Waals surface area (Å²) in [5, 5.41) is 9.49. The first-order valence-electron chi connectivity index (χ1n) is 9.43. The maximum Gasteiger partial charge on any atom is 0.243 e. The summed E-state index contributed by atoms with van der Waals surface area (Å²) in [7, 11) is 0. The molecule has 0 saturated carbocycles. The highest BCUT2D eigenvalue weighted by molar-refractivity contribution is 7.99. The highest BCUT2D eigenvalue weighted by Gasteiger charge is 2.29. The van der Waals surface area contributed by atoms with Gasteiger partial charge in [0.05, 0.1) is 15.7 Å². The summed E-state index contributed by atoms with van der Waals surface area (Å²) < 4.78 is 0. The number of amides is 2. The quantitative estimate of drug-likeness (QED) is 0.324. The fourth-order valence-electron chi connectivity index (χ4n) is 3.31. The van der Waals surface area contributed by atoms with Crippen molar-refractivity contribution in [1.82, 2.24) is 5.48 Å². The van der Waals surface area contributed by atoms with Crippen molar-refractivity contribution in [3.05, 3.63) is 58.1 Å². The van der Waals surface area contributed by atoms with Crippen molar-refractivity contribution in [3.8, 4) is 0 Å². The van der Waals surface area contributed by atoms with Gasteiger partial charge >= 0.3 is 0 Å². The highest BCUT2D eigenvalue weighted by Crippen LogP contribution is 2.46. The molecule has 0 spiro atoms. The van der Waals surface area contributed by atoms with E-state index in [0.717, 1.165) is 29.0 Å². The van der Waals surface area contributed by atoms with Crippen LogP contribution < -0.4 is 10.4 Å². The molecule has 0 radical (unpaired) electrons. The number of anilines is 1. The van der Waals surface area contributed by atoms with Gasteiger partial charge in [-0.05, 0) is 42.7 Å². The largest absolute Gasteiger partial charge is 0.311 e. The van der Waals surface area contributed by atoms with Crippen molar-refractivity contribution < 1.29 is 14.8 Å². The maximum atomic E-state index is 13.1. The number of hydrogen-bond acceptors (Lipinski definition) is 4. The normalized spacial score (nSPS) is 16.3. The molecule has 0 aromatic heterocycles. The molecule has 1 heterocycles. The summed E-state index contributed by atoms with van der Waals surface area (Å²) in [6, 6.07) is 13.4. The number of hydroxylamine groups is 1. The van der Waals surface area contributed by atoms with E-state index in [9.17, 15) is 9.59 Å². The zero-order valence-electron chi connectivity index (χ0n) is 15.7. The molecule has 1 aliphatic rings. The van der Waals surface area contributed by atoms with Crippen LogP contribution in [-0.2, 0) is 9.59 Å². The molecule has 29 heavy (non-hydrogen) atoms. The van der Waals surface area contributed by atoms with Gasteiger partial charge in [0, 0.05) is 29.5 Å². The first kappa shape index (κ1) is 22.0. The van der Waals surface area contributed by atoms with Crippen molar-refractivity contribution in [3.63, 3.8) is 0 Å². The Morgan fingerprint density at radius 3 is 2.69 bits per heavy atom. The van der Waals surface area contributed by atoms with Crippen molar-refractivity contribution in [2.75, 3.05) is 11.4 Å². The van der Waals surface area contributed by atoms with Crippen LogP contribution in [0.5, 0.6) is 0 Å². The summed E-state index contributed by atoms with van der Waals surface area (Å²) >= 11 is 13.9. The number of nitrogens with zero attached hydrogens (tertiary/aromatic N) is 1. The molecule has 2 aromatic rings. The van der Waals surface area contributed by atoms with Crippen LogP contribution in [0.15, 0.2) is 47.4 Å². The monoisotopic (exact) mass is 452 g/mol. The third kappa shape index (κ3) is 5.66. The summed E-state index contributed by atoms with van der Waals surface area (Å²) in [6.07, 6.45) is 2.88. The van der Waals surface area contributed by atoms with Crippen molar-refractivity contribution in [1.29, 1.82) is 0 Å². The van der Waals surface area contributed by atoms with Gasteiger partial charge in [-0.1, -0.05) is 47.8 Å². The van der Waals surface area contributed by atoms with Gasteiger partial charge in [-0.25, -0.2) is 5.48 Å². The van der Waals surface area contributed by atoms with Gasteiger partial charge < -0.3 is 4.90 Å². The van der Waals surface area contributed by atoms with E-state index in [2.05, 4.69) is 0 Å². The number of thioether (sulfide) groups is 1. The first-order chi connectivity index (χ1) is 14.0. The highest BCUT2D eigenvalue weighted by atomic mass is 35.5. The molecule has 0 unspecified atom stereocenters. The van der Waals surface area contributed by atoms with Crippen molar-refractivity contribution in [2.24, 2.45) is 0 Å². The Kier molecular flexibility index (Phi) is 7.84. The number of benzene rings is 2. The molecule has 1 aliphatic heterocycles. The number of rotatable bonds is 7. The lowest BCUT2D eigenvalue weighted by Crippen LogP contribution is -2.31. The second-order valence-electron chi connectivity index (χ2n) is 6.84. The van der Waals surface area contributed by atoms with E-state index in [4.69, 9.17) is 28.4 Å². The Balaban J connectivity index is 1.73. The van der Waals surface area contributed by atoms with Crippen LogP contribution in [0.25, 0.3) is 0 Å². The molecule has 0 aliphatic carbocycles. The Morgan fingerprint density at radius 1 is 1.14 bits per heavy atom. The Hall–Kier alpha value is -1.73. The number of carbonyl (C=O) groups excluding carboxylic acids is 2. The molecule has 0 saturated heterocycles. The molecular weight excluding hydrogens is 431 g/mol. The lowest BCUT2D eigenvalue weighted by Gasteiger charge is -2.22. The van der Waals surface area contributed by atoms with Gasteiger partial charge in [-0.15, -0.1) is 11.8 Å². The number of hydrogen-bond donors (Lipinski definition) is 2. The van der Waals surface area contributed by atoms with E-state index in [0.29, 0.717) is 29.4 Å². The Morgan fingerprint density at radius 2 is 1.93 bits per heavy atom. The lowest BCUT2D eigenvalue weighted by molar-refractivity contribution is -0.129. The summed E-state index contributed by atoms with van der Waals surface area (Å²) in [5.74, 6) is -0.325. The van der Waals surface area contributed by atoms with Gasteiger partial charge in [-0.3, -0.25) is 14.8 Å². The van der Waals surface area contributed by atoms with Crippen LogP contribution in [0.3, 0.4) is 0 Å². The number of para-hydroxylation sites is 1. The minimum absolute atomic E-state index is 0.0448. The van der Waals surface area contributed by atoms with Crippen LogP contribution in [0.4, 0.5) is 5.69 Å². The molecule has 2 N–H and O–H groups in total. The second kappa shape index (κ2) is 10.3. The zero-order valence-corrected chi connectivity index (χ0v) is 18.1. The number of halogens is 2. The number of carbonyl (C=O) groups is 2. The van der Waals surface area contributed by atoms with Crippen LogP contribution >= 0.6 is 35.0 Å². The molecule has 1 atom stereocenters. The van der Waals surface area contributed by atoms with Gasteiger partial charge in [0.2, 0.25) is 11.8 Å². The van der Waals surface area contributed by atoms with Crippen LogP contribution in [0.1, 0.15) is 42.9 Å². The third-order valence-corrected chi connectivity index (χ3v) is 6.87. The van der Waals surface area contributed by atoms with Crippen LogP contribution in [0.2, 0.25) is 10.0 Å². The third-order valence-electron chi connectivity index (χ3n) is 4.81. The molecule has 2 aromatic carbocycles. The Bertz CT molecular complexity index is 894. The minimum atomic E-state index is -0.387. The van der Waals surface area contributed by atoms with Crippen LogP contribution in [0, 0.1) is 0 Å². The zero-order chi connectivity index (χ0) is 20.8. The van der Waals surface area contributed by atoms with Crippen LogP contribution in [-0.4, -0.2) is 23.6 Å². The summed E-state index contributed by atoms with van der Waals surface area (Å²) in [6.45, 7) is 0.589. The molecular formula is C21H22Cl2N2O3S. The molecule has 5 nitrogen and oxygen atoms in total. The SMILES string of the molecule is O=C(CCCCCN1C(=O)C[C@@H](c2ccc(Cl)c(Cl)c2)Sc2ccccc21)NO. The topological polar surface area (TPSA) is 69.6 Å². The fraction of sp³-hybridized carbons (Fsp3) is 0.333. The van der Waals surface area contributed by atoms with E-state index in [1.807, 2.05) is 41.3 Å². The minimum Gasteiger partial charge on any atom is -0.311 e. The first-order valence-corrected chi connectivity index (χ1v) is 11.1. The van der Waals surface area contributed by atoms with Gasteiger partial charge in [-0.2, -0.15) is 0 Å². The van der Waals surface area contributed by atoms with E-state index in [1.165, 1.54) is 0 Å². The number of fused-ring (bicyclic) bond motifs is 1. The summed E-state index contributed by atoms with van der Waals surface area (Å²) in [4.78, 5) is 27.1. The Labute approximate surface area is 184 Å². The van der Waals surface area contributed by atoms with Gasteiger partial charge in [0.1, 0.15) is 0 Å². The number of nitrogens with one attached hydrogen (secondary N) is 1. The predicted molar refractivity (Wildman–Crippen MR) is 117 cm³/mol.